The number of benzene rings is 2. The van der Waals surface area contributed by atoms with Crippen LogP contribution < -0.4 is 10.2 Å². The van der Waals surface area contributed by atoms with Crippen molar-refractivity contribution >= 4 is 29.2 Å². The van der Waals surface area contributed by atoms with Crippen molar-refractivity contribution in [3.8, 4) is 0 Å². The Kier molecular flexibility index (Phi) is 8.40. The van der Waals surface area contributed by atoms with Crippen molar-refractivity contribution in [1.29, 1.82) is 0 Å². The summed E-state index contributed by atoms with van der Waals surface area (Å²) in [5.41, 5.74) is 1.04. The molecule has 1 fully saturated rings. The third-order valence-corrected chi connectivity index (χ3v) is 5.75. The molecule has 0 saturated carbocycles. The molecule has 2 aromatic carbocycles. The van der Waals surface area contributed by atoms with Crippen LogP contribution in [0.1, 0.15) is 49.2 Å². The maximum atomic E-state index is 13.1. The van der Waals surface area contributed by atoms with E-state index in [1.54, 1.807) is 49.1 Å². The van der Waals surface area contributed by atoms with Crippen LogP contribution in [0, 0.1) is 10.1 Å². The maximum Gasteiger partial charge on any atom is 0.308 e. The Morgan fingerprint density at radius 3 is 2.29 bits per heavy atom. The molecule has 1 aliphatic heterocycles. The number of nitro benzene ring substituents is 1. The van der Waals surface area contributed by atoms with Gasteiger partial charge in [0.2, 0.25) is 5.91 Å². The molecule has 2 amide bonds. The lowest BCUT2D eigenvalue weighted by atomic mass is 10.0. The second-order valence-corrected chi connectivity index (χ2v) is 8.63. The van der Waals surface area contributed by atoms with Gasteiger partial charge in [-0.2, -0.15) is 0 Å². The third-order valence-electron chi connectivity index (χ3n) is 5.75. The number of anilines is 1. The van der Waals surface area contributed by atoms with Gasteiger partial charge in [0.15, 0.2) is 0 Å². The number of rotatable bonds is 8. The SMILES string of the molecule is CC(=O)N1CCN(c2ccc(C(=O)NC(CC(=O)OC(C)C)c3ccccc3)cc2[N+](=O)[O-])CC1. The van der Waals surface area contributed by atoms with Crippen molar-refractivity contribution in [3.63, 3.8) is 0 Å². The fourth-order valence-corrected chi connectivity index (χ4v) is 4.00. The van der Waals surface area contributed by atoms with Gasteiger partial charge in [-0.1, -0.05) is 30.3 Å². The van der Waals surface area contributed by atoms with Crippen LogP contribution in [0.2, 0.25) is 0 Å². The lowest BCUT2D eigenvalue weighted by Gasteiger charge is -2.35. The van der Waals surface area contributed by atoms with Gasteiger partial charge in [0, 0.05) is 44.7 Å². The number of hydrogen-bond acceptors (Lipinski definition) is 7. The van der Waals surface area contributed by atoms with E-state index in [-0.39, 0.29) is 29.7 Å². The summed E-state index contributed by atoms with van der Waals surface area (Å²) < 4.78 is 5.24. The molecule has 1 unspecified atom stereocenters. The topological polar surface area (TPSA) is 122 Å². The van der Waals surface area contributed by atoms with E-state index in [1.165, 1.54) is 19.1 Å². The summed E-state index contributed by atoms with van der Waals surface area (Å²) in [5.74, 6) is -1.02. The fraction of sp³-hybridized carbons (Fsp3) is 0.400. The van der Waals surface area contributed by atoms with Gasteiger partial charge < -0.3 is 19.9 Å². The van der Waals surface area contributed by atoms with Crippen LogP contribution in [0.15, 0.2) is 48.5 Å². The predicted octanol–water partition coefficient (Wildman–Crippen LogP) is 3.08. The molecular formula is C25H30N4O6. The highest BCUT2D eigenvalue weighted by Crippen LogP contribution is 2.30. The molecule has 0 aromatic heterocycles. The van der Waals surface area contributed by atoms with Gasteiger partial charge >= 0.3 is 5.97 Å². The molecule has 1 atom stereocenters. The molecule has 1 saturated heterocycles. The molecule has 1 N–H and O–H groups in total. The first kappa shape index (κ1) is 25.7. The Balaban J connectivity index is 1.80. The maximum absolute atomic E-state index is 13.1. The molecule has 3 rings (SSSR count). The Hall–Kier alpha value is -3.95. The number of nitrogens with one attached hydrogen (secondary N) is 1. The zero-order valence-electron chi connectivity index (χ0n) is 20.1. The average molecular weight is 483 g/mol. The van der Waals surface area contributed by atoms with Gasteiger partial charge in [0.25, 0.3) is 11.6 Å². The summed E-state index contributed by atoms with van der Waals surface area (Å²) >= 11 is 0. The number of hydrogen-bond donors (Lipinski definition) is 1. The van der Waals surface area contributed by atoms with Gasteiger partial charge in [0.05, 0.1) is 23.5 Å². The van der Waals surface area contributed by atoms with E-state index in [4.69, 9.17) is 4.74 Å². The van der Waals surface area contributed by atoms with Crippen molar-refractivity contribution in [2.24, 2.45) is 0 Å². The number of nitrogens with zero attached hydrogens (tertiary/aromatic N) is 3. The monoisotopic (exact) mass is 482 g/mol. The highest BCUT2D eigenvalue weighted by atomic mass is 16.6. The lowest BCUT2D eigenvalue weighted by molar-refractivity contribution is -0.384. The summed E-state index contributed by atoms with van der Waals surface area (Å²) in [6.07, 6.45) is -0.365. The molecule has 186 valence electrons. The number of esters is 1. The first-order valence-corrected chi connectivity index (χ1v) is 11.5. The van der Waals surface area contributed by atoms with Gasteiger partial charge in [-0.3, -0.25) is 24.5 Å². The molecule has 10 nitrogen and oxygen atoms in total. The molecule has 1 aliphatic rings. The second-order valence-electron chi connectivity index (χ2n) is 8.63. The van der Waals surface area contributed by atoms with E-state index in [0.29, 0.717) is 31.9 Å². The first-order chi connectivity index (χ1) is 16.7. The molecule has 35 heavy (non-hydrogen) atoms. The zero-order valence-corrected chi connectivity index (χ0v) is 20.1. The van der Waals surface area contributed by atoms with Crippen LogP contribution in [0.4, 0.5) is 11.4 Å². The summed E-state index contributed by atoms with van der Waals surface area (Å²) in [7, 11) is 0. The molecule has 0 radical (unpaired) electrons. The van der Waals surface area contributed by atoms with Crippen LogP contribution in [0.3, 0.4) is 0 Å². The summed E-state index contributed by atoms with van der Waals surface area (Å²) in [4.78, 5) is 51.8. The minimum Gasteiger partial charge on any atom is -0.463 e. The van der Waals surface area contributed by atoms with E-state index in [1.807, 2.05) is 11.0 Å². The molecule has 0 aliphatic carbocycles. The average Bonchev–Trinajstić information content (AvgIpc) is 2.83. The van der Waals surface area contributed by atoms with Gasteiger partial charge in [0.1, 0.15) is 5.69 Å². The fourth-order valence-electron chi connectivity index (χ4n) is 4.00. The summed E-state index contributed by atoms with van der Waals surface area (Å²) in [6, 6.07) is 12.7. The number of nitro groups is 1. The second kappa shape index (κ2) is 11.5. The van der Waals surface area contributed by atoms with Gasteiger partial charge in [-0.25, -0.2) is 0 Å². The molecule has 10 heteroatoms. The summed E-state index contributed by atoms with van der Waals surface area (Å²) in [6.45, 7) is 6.85. The number of carbonyl (C=O) groups is 3. The number of carbonyl (C=O) groups excluding carboxylic acids is 3. The standard InChI is InChI=1S/C25H30N4O6/c1-17(2)35-24(31)16-21(19-7-5-4-6-8-19)26-25(32)20-9-10-22(23(15-20)29(33)34)28-13-11-27(12-14-28)18(3)30/h4-10,15,17,21H,11-14,16H2,1-3H3,(H,26,32). The number of piperazine rings is 1. The van der Waals surface area contributed by atoms with E-state index in [9.17, 15) is 24.5 Å². The molecule has 0 bridgehead atoms. The van der Waals surface area contributed by atoms with Crippen LogP contribution >= 0.6 is 0 Å². The van der Waals surface area contributed by atoms with Crippen LogP contribution in [0.25, 0.3) is 0 Å². The van der Waals surface area contributed by atoms with E-state index < -0.39 is 22.8 Å². The molecular weight excluding hydrogens is 452 g/mol. The van der Waals surface area contributed by atoms with Gasteiger partial charge in [-0.15, -0.1) is 0 Å². The van der Waals surface area contributed by atoms with Crippen molar-refractivity contribution < 1.29 is 24.0 Å². The Morgan fingerprint density at radius 1 is 1.06 bits per heavy atom. The molecule has 2 aromatic rings. The van der Waals surface area contributed by atoms with Crippen molar-refractivity contribution in [3.05, 3.63) is 69.8 Å². The highest BCUT2D eigenvalue weighted by Gasteiger charge is 2.27. The summed E-state index contributed by atoms with van der Waals surface area (Å²) in [5, 5.41) is 14.6. The first-order valence-electron chi connectivity index (χ1n) is 11.5. The highest BCUT2D eigenvalue weighted by molar-refractivity contribution is 5.96. The largest absolute Gasteiger partial charge is 0.463 e. The van der Waals surface area contributed by atoms with Crippen LogP contribution in [-0.4, -0.2) is 59.9 Å². The Bertz CT molecular complexity index is 1080. The van der Waals surface area contributed by atoms with Crippen LogP contribution in [0.5, 0.6) is 0 Å². The minimum absolute atomic E-state index is 0.0311. The molecule has 0 spiro atoms. The molecule has 1 heterocycles. The number of ether oxygens (including phenoxy) is 1. The lowest BCUT2D eigenvalue weighted by Crippen LogP contribution is -2.48. The van der Waals surface area contributed by atoms with Crippen molar-refractivity contribution in [2.45, 2.75) is 39.3 Å². The Labute approximate surface area is 204 Å². The Morgan fingerprint density at radius 2 is 1.71 bits per heavy atom. The minimum atomic E-state index is -0.659. The zero-order chi connectivity index (χ0) is 25.5. The number of amides is 2. The van der Waals surface area contributed by atoms with Gasteiger partial charge in [-0.05, 0) is 31.5 Å². The van der Waals surface area contributed by atoms with Crippen molar-refractivity contribution in [1.82, 2.24) is 10.2 Å². The van der Waals surface area contributed by atoms with Crippen LogP contribution in [-0.2, 0) is 14.3 Å². The van der Waals surface area contributed by atoms with Crippen molar-refractivity contribution in [2.75, 3.05) is 31.1 Å². The normalized spacial score (nSPS) is 14.4. The van der Waals surface area contributed by atoms with E-state index >= 15 is 0 Å². The predicted molar refractivity (Wildman–Crippen MR) is 130 cm³/mol. The smallest absolute Gasteiger partial charge is 0.308 e. The van der Waals surface area contributed by atoms with E-state index in [2.05, 4.69) is 5.32 Å². The quantitative estimate of drug-likeness (QED) is 0.349. The van der Waals surface area contributed by atoms with E-state index in [0.717, 1.165) is 5.56 Å². The third kappa shape index (κ3) is 6.78.